The van der Waals surface area contributed by atoms with Gasteiger partial charge in [0.1, 0.15) is 0 Å². The van der Waals surface area contributed by atoms with Crippen molar-refractivity contribution in [3.05, 3.63) is 35.4 Å². The Bertz CT molecular complexity index is 371. The summed E-state index contributed by atoms with van der Waals surface area (Å²) in [4.78, 5) is 0. The summed E-state index contributed by atoms with van der Waals surface area (Å²) in [5, 5.41) is 3.57. The highest BCUT2D eigenvalue weighted by molar-refractivity contribution is 5.25. The van der Waals surface area contributed by atoms with Gasteiger partial charge in [0.15, 0.2) is 0 Å². The van der Waals surface area contributed by atoms with Gasteiger partial charge >= 0.3 is 0 Å². The average molecular weight is 261 g/mol. The van der Waals surface area contributed by atoms with Crippen LogP contribution in [-0.4, -0.2) is 19.7 Å². The molecule has 0 aromatic heterocycles. The molecule has 0 amide bonds. The number of benzene rings is 1. The molecule has 0 aliphatic carbocycles. The molecule has 106 valence electrons. The molecule has 1 aliphatic heterocycles. The van der Waals surface area contributed by atoms with Crippen LogP contribution in [0.2, 0.25) is 0 Å². The average Bonchev–Trinajstić information content (AvgIpc) is 2.87. The smallest absolute Gasteiger partial charge is 0.0866 e. The highest BCUT2D eigenvalue weighted by atomic mass is 16.5. The first-order chi connectivity index (χ1) is 9.20. The van der Waals surface area contributed by atoms with Crippen LogP contribution in [0.25, 0.3) is 0 Å². The molecule has 1 aromatic carbocycles. The van der Waals surface area contributed by atoms with Crippen LogP contribution in [0.15, 0.2) is 24.3 Å². The number of rotatable bonds is 6. The van der Waals surface area contributed by atoms with Crippen molar-refractivity contribution in [2.75, 3.05) is 19.7 Å². The Balaban J connectivity index is 1.93. The molecule has 2 nitrogen and oxygen atoms in total. The van der Waals surface area contributed by atoms with Gasteiger partial charge in [0.2, 0.25) is 0 Å². The van der Waals surface area contributed by atoms with Crippen molar-refractivity contribution >= 4 is 0 Å². The summed E-state index contributed by atoms with van der Waals surface area (Å²) in [5.41, 5.74) is 2.74. The maximum atomic E-state index is 5.94. The lowest BCUT2D eigenvalue weighted by Crippen LogP contribution is -2.27. The third kappa shape index (κ3) is 4.05. The second kappa shape index (κ2) is 7.06. The molecule has 1 aliphatic rings. The lowest BCUT2D eigenvalue weighted by atomic mass is 9.94. The molecule has 2 unspecified atom stereocenters. The van der Waals surface area contributed by atoms with Crippen molar-refractivity contribution in [3.63, 3.8) is 0 Å². The second-order valence-corrected chi connectivity index (χ2v) is 5.99. The van der Waals surface area contributed by atoms with Gasteiger partial charge in [-0.05, 0) is 36.4 Å². The molecule has 0 bridgehead atoms. The molecule has 1 N–H and O–H groups in total. The first-order valence-electron chi connectivity index (χ1n) is 7.61. The highest BCUT2D eigenvalue weighted by Gasteiger charge is 2.29. The van der Waals surface area contributed by atoms with Crippen LogP contribution >= 0.6 is 0 Å². The molecular formula is C17H27NO. The standard InChI is InChI=1S/C17H27NO/c1-4-14-5-7-15(8-6-14)17-16(9-10-19-17)12-18-11-13(2)3/h5-8,13,16-18H,4,9-12H2,1-3H3. The Kier molecular flexibility index (Phi) is 5.41. The highest BCUT2D eigenvalue weighted by Crippen LogP contribution is 2.34. The van der Waals surface area contributed by atoms with Gasteiger partial charge < -0.3 is 10.1 Å². The van der Waals surface area contributed by atoms with Gasteiger partial charge in [0.05, 0.1) is 6.10 Å². The van der Waals surface area contributed by atoms with Crippen molar-refractivity contribution in [1.82, 2.24) is 5.32 Å². The summed E-state index contributed by atoms with van der Waals surface area (Å²) in [5.74, 6) is 1.33. The van der Waals surface area contributed by atoms with E-state index in [0.29, 0.717) is 11.8 Å². The Morgan fingerprint density at radius 1 is 1.26 bits per heavy atom. The van der Waals surface area contributed by atoms with E-state index < -0.39 is 0 Å². The summed E-state index contributed by atoms with van der Waals surface area (Å²) in [6.45, 7) is 9.75. The molecule has 2 atom stereocenters. The van der Waals surface area contributed by atoms with Gasteiger partial charge in [-0.2, -0.15) is 0 Å². The minimum Gasteiger partial charge on any atom is -0.373 e. The van der Waals surface area contributed by atoms with Crippen LogP contribution in [0.3, 0.4) is 0 Å². The van der Waals surface area contributed by atoms with Gasteiger partial charge in [-0.3, -0.25) is 0 Å². The molecule has 0 spiro atoms. The Hall–Kier alpha value is -0.860. The molecule has 2 heteroatoms. The second-order valence-electron chi connectivity index (χ2n) is 5.99. The maximum absolute atomic E-state index is 5.94. The Labute approximate surface area is 117 Å². The predicted octanol–water partition coefficient (Wildman–Crippen LogP) is 3.57. The normalized spacial score (nSPS) is 23.2. The van der Waals surface area contributed by atoms with E-state index in [2.05, 4.69) is 50.4 Å². The van der Waals surface area contributed by atoms with Crippen molar-refractivity contribution in [1.29, 1.82) is 0 Å². The van der Waals surface area contributed by atoms with Crippen LogP contribution < -0.4 is 5.32 Å². The Morgan fingerprint density at radius 2 is 2.00 bits per heavy atom. The minimum atomic E-state index is 0.283. The van der Waals surface area contributed by atoms with E-state index >= 15 is 0 Å². The number of nitrogens with one attached hydrogen (secondary N) is 1. The summed E-state index contributed by atoms with van der Waals surface area (Å²) in [6, 6.07) is 8.94. The van der Waals surface area contributed by atoms with E-state index in [1.165, 1.54) is 17.5 Å². The molecule has 0 radical (unpaired) electrons. The zero-order chi connectivity index (χ0) is 13.7. The van der Waals surface area contributed by atoms with Crippen LogP contribution in [0.4, 0.5) is 0 Å². The van der Waals surface area contributed by atoms with Crippen molar-refractivity contribution in [3.8, 4) is 0 Å². The van der Waals surface area contributed by atoms with Gasteiger partial charge in [0, 0.05) is 19.1 Å². The van der Waals surface area contributed by atoms with E-state index in [0.717, 1.165) is 26.1 Å². The van der Waals surface area contributed by atoms with Gasteiger partial charge in [-0.15, -0.1) is 0 Å². The van der Waals surface area contributed by atoms with E-state index in [9.17, 15) is 0 Å². The predicted molar refractivity (Wildman–Crippen MR) is 80.3 cm³/mol. The van der Waals surface area contributed by atoms with E-state index in [1.54, 1.807) is 0 Å². The summed E-state index contributed by atoms with van der Waals surface area (Å²) in [6.07, 6.45) is 2.56. The molecule has 1 fully saturated rings. The summed E-state index contributed by atoms with van der Waals surface area (Å²) >= 11 is 0. The largest absolute Gasteiger partial charge is 0.373 e. The van der Waals surface area contributed by atoms with Crippen molar-refractivity contribution in [2.45, 2.75) is 39.7 Å². The number of hydrogen-bond acceptors (Lipinski definition) is 2. The SMILES string of the molecule is CCc1ccc(C2OCCC2CNCC(C)C)cc1. The molecule has 1 heterocycles. The fourth-order valence-corrected chi connectivity index (χ4v) is 2.71. The topological polar surface area (TPSA) is 21.3 Å². The Morgan fingerprint density at radius 3 is 2.63 bits per heavy atom. The molecular weight excluding hydrogens is 234 g/mol. The third-order valence-corrected chi connectivity index (χ3v) is 3.89. The summed E-state index contributed by atoms with van der Waals surface area (Å²) < 4.78 is 5.94. The fraction of sp³-hybridized carbons (Fsp3) is 0.647. The molecule has 1 saturated heterocycles. The molecule has 1 aromatic rings. The van der Waals surface area contributed by atoms with E-state index in [4.69, 9.17) is 4.74 Å². The molecule has 19 heavy (non-hydrogen) atoms. The zero-order valence-corrected chi connectivity index (χ0v) is 12.5. The minimum absolute atomic E-state index is 0.283. The van der Waals surface area contributed by atoms with Crippen molar-refractivity contribution in [2.24, 2.45) is 11.8 Å². The first-order valence-corrected chi connectivity index (χ1v) is 7.61. The van der Waals surface area contributed by atoms with Crippen LogP contribution in [0.5, 0.6) is 0 Å². The van der Waals surface area contributed by atoms with E-state index in [-0.39, 0.29) is 6.10 Å². The monoisotopic (exact) mass is 261 g/mol. The lowest BCUT2D eigenvalue weighted by Gasteiger charge is -2.20. The van der Waals surface area contributed by atoms with Crippen molar-refractivity contribution < 1.29 is 4.74 Å². The van der Waals surface area contributed by atoms with Crippen LogP contribution in [0, 0.1) is 11.8 Å². The molecule has 2 rings (SSSR count). The third-order valence-electron chi connectivity index (χ3n) is 3.89. The maximum Gasteiger partial charge on any atom is 0.0866 e. The number of aryl methyl sites for hydroxylation is 1. The van der Waals surface area contributed by atoms with Crippen LogP contribution in [0.1, 0.15) is 44.4 Å². The summed E-state index contributed by atoms with van der Waals surface area (Å²) in [7, 11) is 0. The van der Waals surface area contributed by atoms with Crippen LogP contribution in [-0.2, 0) is 11.2 Å². The first kappa shape index (κ1) is 14.5. The van der Waals surface area contributed by atoms with Gasteiger partial charge in [0.25, 0.3) is 0 Å². The zero-order valence-electron chi connectivity index (χ0n) is 12.5. The number of ether oxygens (including phenoxy) is 1. The number of hydrogen-bond donors (Lipinski definition) is 1. The quantitative estimate of drug-likeness (QED) is 0.845. The lowest BCUT2D eigenvalue weighted by molar-refractivity contribution is 0.0903. The van der Waals surface area contributed by atoms with Gasteiger partial charge in [-0.25, -0.2) is 0 Å². The van der Waals surface area contributed by atoms with Gasteiger partial charge in [-0.1, -0.05) is 45.0 Å². The van der Waals surface area contributed by atoms with E-state index in [1.807, 2.05) is 0 Å². The molecule has 0 saturated carbocycles. The fourth-order valence-electron chi connectivity index (χ4n) is 2.71.